The molecule has 1 N–H and O–H groups in total. The number of rotatable bonds is 8. The summed E-state index contributed by atoms with van der Waals surface area (Å²) in [5, 5.41) is 2.51. The summed E-state index contributed by atoms with van der Waals surface area (Å²) in [5.41, 5.74) is 0.819. The van der Waals surface area contributed by atoms with E-state index in [2.05, 4.69) is 5.32 Å². The predicted octanol–water partition coefficient (Wildman–Crippen LogP) is 3.98. The lowest BCUT2D eigenvalue weighted by atomic mass is 10.1. The molecule has 0 radical (unpaired) electrons. The number of sulfonamides is 1. The molecule has 2 aromatic rings. The van der Waals surface area contributed by atoms with E-state index in [0.717, 1.165) is 30.5 Å². The van der Waals surface area contributed by atoms with Crippen molar-refractivity contribution in [1.82, 2.24) is 4.31 Å². The Bertz CT molecular complexity index is 1010. The van der Waals surface area contributed by atoms with Gasteiger partial charge in [-0.05, 0) is 43.0 Å². The van der Waals surface area contributed by atoms with Crippen molar-refractivity contribution in [2.24, 2.45) is 0 Å². The van der Waals surface area contributed by atoms with Gasteiger partial charge < -0.3 is 10.1 Å². The van der Waals surface area contributed by atoms with Gasteiger partial charge in [0, 0.05) is 19.5 Å². The zero-order valence-corrected chi connectivity index (χ0v) is 17.5. The predicted molar refractivity (Wildman–Crippen MR) is 109 cm³/mol. The van der Waals surface area contributed by atoms with Crippen LogP contribution in [0.25, 0.3) is 0 Å². The van der Waals surface area contributed by atoms with Crippen LogP contribution in [0.5, 0.6) is 5.75 Å². The maximum Gasteiger partial charge on any atom is 0.422 e. The van der Waals surface area contributed by atoms with E-state index in [4.69, 9.17) is 4.74 Å². The Morgan fingerprint density at radius 2 is 1.74 bits per heavy atom. The topological polar surface area (TPSA) is 75.7 Å². The molecule has 6 nitrogen and oxygen atoms in total. The molecule has 0 unspecified atom stereocenters. The van der Waals surface area contributed by atoms with Crippen molar-refractivity contribution in [3.05, 3.63) is 54.1 Å². The van der Waals surface area contributed by atoms with Crippen LogP contribution in [0, 0.1) is 0 Å². The maximum atomic E-state index is 12.8. The highest BCUT2D eigenvalue weighted by molar-refractivity contribution is 7.89. The first kappa shape index (κ1) is 23.1. The normalized spacial score (nSPS) is 15.1. The van der Waals surface area contributed by atoms with Crippen LogP contribution in [-0.2, 0) is 21.2 Å². The lowest BCUT2D eigenvalue weighted by Crippen LogP contribution is -2.28. The van der Waals surface area contributed by atoms with Gasteiger partial charge in [0.25, 0.3) is 0 Å². The average Bonchev–Trinajstić information content (AvgIpc) is 3.27. The second-order valence-corrected chi connectivity index (χ2v) is 9.14. The molecule has 2 aromatic carbocycles. The summed E-state index contributed by atoms with van der Waals surface area (Å²) < 4.78 is 69.5. The number of hydrogen-bond donors (Lipinski definition) is 1. The second kappa shape index (κ2) is 9.69. The van der Waals surface area contributed by atoms with Crippen LogP contribution in [0.4, 0.5) is 18.9 Å². The van der Waals surface area contributed by atoms with Crippen molar-refractivity contribution in [2.45, 2.75) is 36.8 Å². The average molecular weight is 456 g/mol. The first-order chi connectivity index (χ1) is 14.6. The lowest BCUT2D eigenvalue weighted by Gasteiger charge is -2.18. The largest absolute Gasteiger partial charge is 0.482 e. The summed E-state index contributed by atoms with van der Waals surface area (Å²) in [6.07, 6.45) is -2.58. The SMILES string of the molecule is O=C(CCc1ccccc1)Nc1cc(S(=O)(=O)N2CCCC2)ccc1OCC(F)(F)F. The van der Waals surface area contributed by atoms with Crippen LogP contribution in [0.1, 0.15) is 24.8 Å². The quantitative estimate of drug-likeness (QED) is 0.652. The van der Waals surface area contributed by atoms with Gasteiger partial charge in [0.1, 0.15) is 5.75 Å². The monoisotopic (exact) mass is 456 g/mol. The third-order valence-corrected chi connectivity index (χ3v) is 6.70. The highest BCUT2D eigenvalue weighted by atomic mass is 32.2. The molecule has 168 valence electrons. The number of anilines is 1. The van der Waals surface area contributed by atoms with Gasteiger partial charge in [-0.25, -0.2) is 8.42 Å². The van der Waals surface area contributed by atoms with Crippen LogP contribution in [-0.4, -0.2) is 44.5 Å². The molecular weight excluding hydrogens is 433 g/mol. The fourth-order valence-corrected chi connectivity index (χ4v) is 4.79. The number of benzene rings is 2. The molecule has 31 heavy (non-hydrogen) atoms. The van der Waals surface area contributed by atoms with Gasteiger partial charge in [-0.15, -0.1) is 0 Å². The van der Waals surface area contributed by atoms with Crippen molar-refractivity contribution in [3.8, 4) is 5.75 Å². The Morgan fingerprint density at radius 1 is 1.06 bits per heavy atom. The molecule has 1 amide bonds. The molecule has 0 saturated carbocycles. The number of amides is 1. The molecule has 3 rings (SSSR count). The van der Waals surface area contributed by atoms with Crippen molar-refractivity contribution in [3.63, 3.8) is 0 Å². The molecule has 0 spiro atoms. The highest BCUT2D eigenvalue weighted by Crippen LogP contribution is 2.31. The number of aryl methyl sites for hydroxylation is 1. The van der Waals surface area contributed by atoms with E-state index >= 15 is 0 Å². The van der Waals surface area contributed by atoms with Crippen LogP contribution in [0.15, 0.2) is 53.4 Å². The third-order valence-electron chi connectivity index (χ3n) is 4.80. The van der Waals surface area contributed by atoms with Crippen molar-refractivity contribution in [1.29, 1.82) is 0 Å². The molecule has 1 saturated heterocycles. The number of carbonyl (C=O) groups is 1. The minimum atomic E-state index is -4.57. The zero-order valence-electron chi connectivity index (χ0n) is 16.7. The minimum Gasteiger partial charge on any atom is -0.482 e. The Labute approximate surface area is 179 Å². The molecule has 0 atom stereocenters. The number of nitrogens with zero attached hydrogens (tertiary/aromatic N) is 1. The van der Waals surface area contributed by atoms with Crippen molar-refractivity contribution in [2.75, 3.05) is 25.0 Å². The van der Waals surface area contributed by atoms with Crippen molar-refractivity contribution >= 4 is 21.6 Å². The van der Waals surface area contributed by atoms with Crippen LogP contribution in [0.2, 0.25) is 0 Å². The van der Waals surface area contributed by atoms with Crippen LogP contribution >= 0.6 is 0 Å². The van der Waals surface area contributed by atoms with E-state index in [1.54, 1.807) is 0 Å². The van der Waals surface area contributed by atoms with E-state index < -0.39 is 28.7 Å². The fraction of sp³-hybridized carbons (Fsp3) is 0.381. The first-order valence-corrected chi connectivity index (χ1v) is 11.3. The molecule has 0 bridgehead atoms. The van der Waals surface area contributed by atoms with E-state index in [-0.39, 0.29) is 22.8 Å². The number of hydrogen-bond acceptors (Lipinski definition) is 4. The molecule has 1 heterocycles. The summed E-state index contributed by atoms with van der Waals surface area (Å²) in [7, 11) is -3.81. The molecule has 10 heteroatoms. The van der Waals surface area contributed by atoms with E-state index in [1.165, 1.54) is 10.4 Å². The Morgan fingerprint density at radius 3 is 2.39 bits per heavy atom. The molecule has 0 aromatic heterocycles. The van der Waals surface area contributed by atoms with Gasteiger partial charge in [-0.1, -0.05) is 30.3 Å². The molecular formula is C21H23F3N2O4S. The number of alkyl halides is 3. The van der Waals surface area contributed by atoms with Gasteiger partial charge in [-0.3, -0.25) is 4.79 Å². The van der Waals surface area contributed by atoms with Crippen LogP contribution < -0.4 is 10.1 Å². The number of ether oxygens (including phenoxy) is 1. The molecule has 1 aliphatic heterocycles. The highest BCUT2D eigenvalue weighted by Gasteiger charge is 2.30. The van der Waals surface area contributed by atoms with Crippen molar-refractivity contribution < 1.29 is 31.1 Å². The third kappa shape index (κ3) is 6.44. The Kier molecular flexibility index (Phi) is 7.22. The van der Waals surface area contributed by atoms with E-state index in [1.807, 2.05) is 30.3 Å². The number of carbonyl (C=O) groups excluding carboxylic acids is 1. The summed E-state index contributed by atoms with van der Waals surface area (Å²) in [4.78, 5) is 12.3. The van der Waals surface area contributed by atoms with Gasteiger partial charge in [0.05, 0.1) is 10.6 Å². The number of nitrogens with one attached hydrogen (secondary N) is 1. The lowest BCUT2D eigenvalue weighted by molar-refractivity contribution is -0.153. The number of halogens is 3. The fourth-order valence-electron chi connectivity index (χ4n) is 3.25. The first-order valence-electron chi connectivity index (χ1n) is 9.83. The van der Waals surface area contributed by atoms with E-state index in [9.17, 15) is 26.4 Å². The standard InChI is InChI=1S/C21H23F3N2O4S/c22-21(23,24)15-30-19-10-9-17(31(28,29)26-12-4-5-13-26)14-18(19)25-20(27)11-8-16-6-2-1-3-7-16/h1-3,6-7,9-10,14H,4-5,8,11-13,15H2,(H,25,27). The maximum absolute atomic E-state index is 12.8. The minimum absolute atomic E-state index is 0.0752. The second-order valence-electron chi connectivity index (χ2n) is 7.21. The zero-order chi connectivity index (χ0) is 22.5. The smallest absolute Gasteiger partial charge is 0.422 e. The Balaban J connectivity index is 1.80. The molecule has 1 fully saturated rings. The van der Waals surface area contributed by atoms with Gasteiger partial charge in [0.2, 0.25) is 15.9 Å². The summed E-state index contributed by atoms with van der Waals surface area (Å²) in [6, 6.07) is 12.7. The van der Waals surface area contributed by atoms with Gasteiger partial charge in [0.15, 0.2) is 6.61 Å². The summed E-state index contributed by atoms with van der Waals surface area (Å²) in [5.74, 6) is -0.706. The summed E-state index contributed by atoms with van der Waals surface area (Å²) >= 11 is 0. The van der Waals surface area contributed by atoms with Gasteiger partial charge >= 0.3 is 6.18 Å². The molecule has 1 aliphatic rings. The summed E-state index contributed by atoms with van der Waals surface area (Å²) in [6.45, 7) is -0.793. The van der Waals surface area contributed by atoms with E-state index in [0.29, 0.717) is 19.5 Å². The van der Waals surface area contributed by atoms with Gasteiger partial charge in [-0.2, -0.15) is 17.5 Å². The molecule has 0 aliphatic carbocycles. The Hall–Kier alpha value is -2.59. The van der Waals surface area contributed by atoms with Crippen LogP contribution in [0.3, 0.4) is 0 Å².